The summed E-state index contributed by atoms with van der Waals surface area (Å²) in [5.74, 6) is 0.304. The van der Waals surface area contributed by atoms with E-state index >= 15 is 0 Å². The first-order valence-electron chi connectivity index (χ1n) is 6.68. The van der Waals surface area contributed by atoms with Gasteiger partial charge in [-0.25, -0.2) is 0 Å². The zero-order chi connectivity index (χ0) is 12.3. The fourth-order valence-corrected chi connectivity index (χ4v) is 2.51. The second-order valence-electron chi connectivity index (χ2n) is 5.62. The van der Waals surface area contributed by atoms with Crippen LogP contribution in [-0.4, -0.2) is 44.3 Å². The van der Waals surface area contributed by atoms with Crippen molar-refractivity contribution in [1.29, 1.82) is 0 Å². The van der Waals surface area contributed by atoms with Crippen LogP contribution >= 0.6 is 0 Å². The summed E-state index contributed by atoms with van der Waals surface area (Å²) in [7, 11) is 0. The third-order valence-electron chi connectivity index (χ3n) is 3.74. The summed E-state index contributed by atoms with van der Waals surface area (Å²) in [5, 5.41) is 3.62. The van der Waals surface area contributed by atoms with E-state index in [1.54, 1.807) is 0 Å². The van der Waals surface area contributed by atoms with Crippen LogP contribution in [0.2, 0.25) is 0 Å². The lowest BCUT2D eigenvalue weighted by Crippen LogP contribution is -2.52. The van der Waals surface area contributed by atoms with Gasteiger partial charge in [0.1, 0.15) is 0 Å². The van der Waals surface area contributed by atoms with E-state index in [0.717, 1.165) is 45.2 Å². The molecule has 100 valence electrons. The molecule has 17 heavy (non-hydrogen) atoms. The molecule has 0 radical (unpaired) electrons. The van der Waals surface area contributed by atoms with Gasteiger partial charge in [-0.2, -0.15) is 0 Å². The molecule has 2 heterocycles. The molecule has 2 saturated heterocycles. The maximum absolute atomic E-state index is 5.66. The Morgan fingerprint density at radius 2 is 1.71 bits per heavy atom. The van der Waals surface area contributed by atoms with Gasteiger partial charge >= 0.3 is 0 Å². The summed E-state index contributed by atoms with van der Waals surface area (Å²) in [6.07, 6.45) is 2.32. The molecule has 0 aromatic carbocycles. The molecule has 0 aliphatic carbocycles. The summed E-state index contributed by atoms with van der Waals surface area (Å²) in [6.45, 7) is 9.47. The predicted octanol–water partition coefficient (Wildman–Crippen LogP) is 1.54. The Morgan fingerprint density at radius 1 is 1.12 bits per heavy atom. The standard InChI is InChI=1S/C13H25NO3/c1-10(11-4-6-15-7-5-11)14-12-8-16-13(2,3)17-9-12/h10-12,14H,4-9H2,1-3H3. The molecule has 4 heteroatoms. The van der Waals surface area contributed by atoms with Crippen LogP contribution in [0, 0.1) is 5.92 Å². The zero-order valence-electron chi connectivity index (χ0n) is 11.2. The lowest BCUT2D eigenvalue weighted by Gasteiger charge is -2.38. The molecule has 0 aromatic rings. The Hall–Kier alpha value is -0.160. The van der Waals surface area contributed by atoms with Crippen LogP contribution in [0.15, 0.2) is 0 Å². The quantitative estimate of drug-likeness (QED) is 0.816. The molecule has 1 atom stereocenters. The molecule has 0 bridgehead atoms. The van der Waals surface area contributed by atoms with Crippen LogP contribution < -0.4 is 5.32 Å². The minimum absolute atomic E-state index is 0.320. The van der Waals surface area contributed by atoms with Crippen molar-refractivity contribution in [2.75, 3.05) is 26.4 Å². The maximum atomic E-state index is 5.66. The molecule has 2 aliphatic heterocycles. The highest BCUT2D eigenvalue weighted by molar-refractivity contribution is 4.81. The van der Waals surface area contributed by atoms with Crippen LogP contribution in [0.4, 0.5) is 0 Å². The number of nitrogens with one attached hydrogen (secondary N) is 1. The molecule has 4 nitrogen and oxygen atoms in total. The SMILES string of the molecule is CC(NC1COC(C)(C)OC1)C1CCOCC1. The van der Waals surface area contributed by atoms with Crippen LogP contribution in [-0.2, 0) is 14.2 Å². The average molecular weight is 243 g/mol. The highest BCUT2D eigenvalue weighted by Gasteiger charge is 2.30. The summed E-state index contributed by atoms with van der Waals surface area (Å²) in [6, 6.07) is 0.832. The Balaban J connectivity index is 1.73. The molecule has 0 amide bonds. The number of rotatable bonds is 3. The molecule has 2 aliphatic rings. The van der Waals surface area contributed by atoms with Crippen molar-refractivity contribution in [3.8, 4) is 0 Å². The first-order chi connectivity index (χ1) is 8.07. The molecule has 2 fully saturated rings. The number of hydrogen-bond acceptors (Lipinski definition) is 4. The van der Waals surface area contributed by atoms with Gasteiger partial charge in [0, 0.05) is 19.3 Å². The highest BCUT2D eigenvalue weighted by atomic mass is 16.7. The Labute approximate surface area is 104 Å². The molecule has 0 spiro atoms. The van der Waals surface area contributed by atoms with Gasteiger partial charge in [-0.15, -0.1) is 0 Å². The van der Waals surface area contributed by atoms with Crippen molar-refractivity contribution in [3.05, 3.63) is 0 Å². The molecule has 0 aromatic heterocycles. The summed E-state index contributed by atoms with van der Waals surface area (Å²) >= 11 is 0. The van der Waals surface area contributed by atoms with Gasteiger partial charge in [-0.3, -0.25) is 0 Å². The number of hydrogen-bond donors (Lipinski definition) is 1. The van der Waals surface area contributed by atoms with E-state index in [1.165, 1.54) is 0 Å². The fraction of sp³-hybridized carbons (Fsp3) is 1.00. The van der Waals surface area contributed by atoms with Crippen LogP contribution in [0.5, 0.6) is 0 Å². The van der Waals surface area contributed by atoms with Gasteiger partial charge in [0.25, 0.3) is 0 Å². The van der Waals surface area contributed by atoms with E-state index in [9.17, 15) is 0 Å². The topological polar surface area (TPSA) is 39.7 Å². The third kappa shape index (κ3) is 3.91. The van der Waals surface area contributed by atoms with Crippen molar-refractivity contribution in [2.24, 2.45) is 5.92 Å². The second-order valence-corrected chi connectivity index (χ2v) is 5.62. The summed E-state index contributed by atoms with van der Waals surface area (Å²) in [5.41, 5.74) is 0. The van der Waals surface area contributed by atoms with Crippen molar-refractivity contribution in [1.82, 2.24) is 5.32 Å². The minimum atomic E-state index is -0.417. The van der Waals surface area contributed by atoms with Crippen LogP contribution in [0.1, 0.15) is 33.6 Å². The summed E-state index contributed by atoms with van der Waals surface area (Å²) < 4.78 is 16.7. The molecule has 1 unspecified atom stereocenters. The normalized spacial score (nSPS) is 29.1. The minimum Gasteiger partial charge on any atom is -0.381 e. The van der Waals surface area contributed by atoms with Gasteiger partial charge in [0.15, 0.2) is 5.79 Å². The molecule has 0 saturated carbocycles. The van der Waals surface area contributed by atoms with Crippen LogP contribution in [0.3, 0.4) is 0 Å². The van der Waals surface area contributed by atoms with Crippen LogP contribution in [0.25, 0.3) is 0 Å². The van der Waals surface area contributed by atoms with Gasteiger partial charge in [-0.1, -0.05) is 0 Å². The van der Waals surface area contributed by atoms with Crippen molar-refractivity contribution in [3.63, 3.8) is 0 Å². The monoisotopic (exact) mass is 243 g/mol. The first kappa shape index (κ1) is 13.3. The fourth-order valence-electron chi connectivity index (χ4n) is 2.51. The van der Waals surface area contributed by atoms with E-state index in [1.807, 2.05) is 13.8 Å². The Bertz CT molecular complexity index is 229. The highest BCUT2D eigenvalue weighted by Crippen LogP contribution is 2.21. The molecule has 2 rings (SSSR count). The van der Waals surface area contributed by atoms with E-state index in [-0.39, 0.29) is 0 Å². The Kier molecular flexibility index (Phi) is 4.42. The molecular weight excluding hydrogens is 218 g/mol. The van der Waals surface area contributed by atoms with E-state index in [0.29, 0.717) is 12.1 Å². The smallest absolute Gasteiger partial charge is 0.162 e. The number of ether oxygens (including phenoxy) is 3. The predicted molar refractivity (Wildman–Crippen MR) is 65.9 cm³/mol. The van der Waals surface area contributed by atoms with E-state index in [4.69, 9.17) is 14.2 Å². The Morgan fingerprint density at radius 3 is 2.29 bits per heavy atom. The lowest BCUT2D eigenvalue weighted by molar-refractivity contribution is -0.253. The van der Waals surface area contributed by atoms with E-state index in [2.05, 4.69) is 12.2 Å². The van der Waals surface area contributed by atoms with Gasteiger partial charge in [-0.05, 0) is 39.5 Å². The summed E-state index contributed by atoms with van der Waals surface area (Å²) in [4.78, 5) is 0. The largest absolute Gasteiger partial charge is 0.381 e. The second kappa shape index (κ2) is 5.65. The average Bonchev–Trinajstić information content (AvgIpc) is 2.33. The van der Waals surface area contributed by atoms with Gasteiger partial charge in [0.2, 0.25) is 0 Å². The third-order valence-corrected chi connectivity index (χ3v) is 3.74. The van der Waals surface area contributed by atoms with Crippen molar-refractivity contribution < 1.29 is 14.2 Å². The lowest BCUT2D eigenvalue weighted by atomic mass is 9.92. The van der Waals surface area contributed by atoms with Gasteiger partial charge < -0.3 is 19.5 Å². The zero-order valence-corrected chi connectivity index (χ0v) is 11.2. The molecule has 1 N–H and O–H groups in total. The molecular formula is C13H25NO3. The van der Waals surface area contributed by atoms with Crippen molar-refractivity contribution >= 4 is 0 Å². The van der Waals surface area contributed by atoms with Gasteiger partial charge in [0.05, 0.1) is 19.3 Å². The van der Waals surface area contributed by atoms with Crippen molar-refractivity contribution in [2.45, 2.75) is 51.5 Å². The maximum Gasteiger partial charge on any atom is 0.162 e. The van der Waals surface area contributed by atoms with E-state index < -0.39 is 5.79 Å². The first-order valence-corrected chi connectivity index (χ1v) is 6.68.